The van der Waals surface area contributed by atoms with Crippen LogP contribution in [0, 0.1) is 5.92 Å². The van der Waals surface area contributed by atoms with Gasteiger partial charge in [-0.05, 0) is 37.9 Å². The van der Waals surface area contributed by atoms with Gasteiger partial charge in [-0.2, -0.15) is 0 Å². The predicted octanol–water partition coefficient (Wildman–Crippen LogP) is 2.01. The van der Waals surface area contributed by atoms with Crippen LogP contribution in [-0.2, 0) is 9.59 Å². The Morgan fingerprint density at radius 2 is 1.72 bits per heavy atom. The van der Waals surface area contributed by atoms with Gasteiger partial charge in [0.25, 0.3) is 5.91 Å². The molecule has 4 nitrogen and oxygen atoms in total. The summed E-state index contributed by atoms with van der Waals surface area (Å²) < 4.78 is 0. The topological polar surface area (TPSA) is 57.6 Å². The zero-order chi connectivity index (χ0) is 13.1. The fourth-order valence-electron chi connectivity index (χ4n) is 2.95. The molecule has 5 heteroatoms. The normalized spacial score (nSPS) is 25.1. The third-order valence-corrected chi connectivity index (χ3v) is 4.26. The summed E-state index contributed by atoms with van der Waals surface area (Å²) in [5.41, 5.74) is 0. The number of aliphatic hydroxyl groups is 1. The SMILES string of the molecule is O=C(C(=O)N1CCCC1C(O)=S)C1CCCCC1. The molecule has 1 saturated carbocycles. The summed E-state index contributed by atoms with van der Waals surface area (Å²) >= 11 is 4.75. The summed E-state index contributed by atoms with van der Waals surface area (Å²) in [6.07, 6.45) is 6.34. The van der Waals surface area contributed by atoms with E-state index in [-0.39, 0.29) is 16.8 Å². The first kappa shape index (κ1) is 13.5. The number of aliphatic hydroxyl groups excluding tert-OH is 1. The van der Waals surface area contributed by atoms with Crippen LogP contribution in [0.1, 0.15) is 44.9 Å². The number of thiocarbonyl (C=S) groups is 1. The second-order valence-electron chi connectivity index (χ2n) is 5.19. The van der Waals surface area contributed by atoms with Crippen LogP contribution < -0.4 is 0 Å². The van der Waals surface area contributed by atoms with E-state index < -0.39 is 11.9 Å². The maximum atomic E-state index is 12.2. The average Bonchev–Trinajstić information content (AvgIpc) is 2.87. The smallest absolute Gasteiger partial charge is 0.290 e. The summed E-state index contributed by atoms with van der Waals surface area (Å²) in [4.78, 5) is 25.8. The Kier molecular flexibility index (Phi) is 4.32. The van der Waals surface area contributed by atoms with E-state index in [9.17, 15) is 14.7 Å². The highest BCUT2D eigenvalue weighted by atomic mass is 32.1. The summed E-state index contributed by atoms with van der Waals surface area (Å²) in [5, 5.41) is 9.22. The lowest BCUT2D eigenvalue weighted by atomic mass is 9.86. The maximum absolute atomic E-state index is 12.2. The van der Waals surface area contributed by atoms with Crippen molar-refractivity contribution in [3.63, 3.8) is 0 Å². The van der Waals surface area contributed by atoms with Crippen LogP contribution in [0.5, 0.6) is 0 Å². The predicted molar refractivity (Wildman–Crippen MR) is 71.5 cm³/mol. The molecular formula is C13H19NO3S. The summed E-state index contributed by atoms with van der Waals surface area (Å²) in [6.45, 7) is 0.530. The minimum Gasteiger partial charge on any atom is -0.500 e. The van der Waals surface area contributed by atoms with E-state index in [2.05, 4.69) is 0 Å². The third kappa shape index (κ3) is 2.71. The molecule has 1 atom stereocenters. The van der Waals surface area contributed by atoms with Crippen molar-refractivity contribution >= 4 is 29.0 Å². The molecule has 100 valence electrons. The van der Waals surface area contributed by atoms with Crippen LogP contribution in [0.3, 0.4) is 0 Å². The molecule has 0 spiro atoms. The van der Waals surface area contributed by atoms with Gasteiger partial charge >= 0.3 is 0 Å². The van der Waals surface area contributed by atoms with Gasteiger partial charge in [-0.3, -0.25) is 9.59 Å². The lowest BCUT2D eigenvalue weighted by Gasteiger charge is -2.26. The lowest BCUT2D eigenvalue weighted by molar-refractivity contribution is -0.147. The molecule has 1 aliphatic heterocycles. The number of rotatable bonds is 3. The molecule has 0 bridgehead atoms. The van der Waals surface area contributed by atoms with Crippen molar-refractivity contribution in [1.82, 2.24) is 4.90 Å². The molecule has 0 aromatic heterocycles. The van der Waals surface area contributed by atoms with E-state index in [1.54, 1.807) is 0 Å². The standard InChI is InChI=1S/C13H19NO3S/c15-11(9-5-2-1-3-6-9)12(16)14-8-4-7-10(14)13(17)18/h9-10H,1-8H2,(H,17,18). The van der Waals surface area contributed by atoms with Crippen LogP contribution in [-0.4, -0.2) is 39.3 Å². The minimum atomic E-state index is -0.444. The monoisotopic (exact) mass is 269 g/mol. The van der Waals surface area contributed by atoms with E-state index in [1.165, 1.54) is 4.90 Å². The fourth-order valence-corrected chi connectivity index (χ4v) is 3.19. The van der Waals surface area contributed by atoms with Gasteiger partial charge < -0.3 is 10.0 Å². The summed E-state index contributed by atoms with van der Waals surface area (Å²) in [5.74, 6) is -0.835. The molecule has 1 unspecified atom stereocenters. The Morgan fingerprint density at radius 3 is 2.33 bits per heavy atom. The van der Waals surface area contributed by atoms with Gasteiger partial charge in [0.15, 0.2) is 5.05 Å². The van der Waals surface area contributed by atoms with Crippen LogP contribution in [0.15, 0.2) is 0 Å². The number of amides is 1. The van der Waals surface area contributed by atoms with Crippen molar-refractivity contribution < 1.29 is 14.7 Å². The summed E-state index contributed by atoms with van der Waals surface area (Å²) in [6, 6.07) is -0.431. The molecule has 1 N–H and O–H groups in total. The largest absolute Gasteiger partial charge is 0.500 e. The number of hydrogen-bond acceptors (Lipinski definition) is 3. The molecule has 1 heterocycles. The molecule has 2 rings (SSSR count). The Bertz CT molecular complexity index is 363. The molecule has 1 amide bonds. The number of carbonyl (C=O) groups is 2. The first-order chi connectivity index (χ1) is 8.61. The molecule has 1 aliphatic carbocycles. The van der Waals surface area contributed by atoms with E-state index in [0.717, 1.165) is 38.5 Å². The Labute approximate surface area is 112 Å². The van der Waals surface area contributed by atoms with E-state index in [0.29, 0.717) is 13.0 Å². The van der Waals surface area contributed by atoms with Crippen molar-refractivity contribution in [2.24, 2.45) is 5.92 Å². The van der Waals surface area contributed by atoms with Crippen LogP contribution in [0.25, 0.3) is 0 Å². The molecule has 0 radical (unpaired) electrons. The second kappa shape index (κ2) is 5.78. The van der Waals surface area contributed by atoms with Gasteiger partial charge in [0.05, 0.1) is 0 Å². The van der Waals surface area contributed by atoms with Gasteiger partial charge in [0.2, 0.25) is 5.78 Å². The van der Waals surface area contributed by atoms with Gasteiger partial charge in [0.1, 0.15) is 6.04 Å². The van der Waals surface area contributed by atoms with E-state index >= 15 is 0 Å². The Hall–Kier alpha value is -0.970. The average molecular weight is 269 g/mol. The zero-order valence-electron chi connectivity index (χ0n) is 10.4. The molecule has 2 fully saturated rings. The molecule has 2 aliphatic rings. The number of Topliss-reactive ketones (excluding diaryl/α,β-unsaturated/α-hetero) is 1. The molecule has 0 aromatic rings. The third-order valence-electron chi connectivity index (χ3n) is 3.99. The first-order valence-electron chi connectivity index (χ1n) is 6.69. The molecule has 0 aromatic carbocycles. The molecular weight excluding hydrogens is 250 g/mol. The Morgan fingerprint density at radius 1 is 1.06 bits per heavy atom. The van der Waals surface area contributed by atoms with Crippen molar-refractivity contribution in [2.75, 3.05) is 6.54 Å². The van der Waals surface area contributed by atoms with Gasteiger partial charge in [-0.1, -0.05) is 19.3 Å². The Balaban J connectivity index is 2.01. The van der Waals surface area contributed by atoms with Crippen LogP contribution in [0.2, 0.25) is 0 Å². The highest BCUT2D eigenvalue weighted by Gasteiger charge is 2.37. The number of ketones is 1. The number of likely N-dealkylation sites (tertiary alicyclic amines) is 1. The van der Waals surface area contributed by atoms with Crippen molar-refractivity contribution in [3.8, 4) is 0 Å². The highest BCUT2D eigenvalue weighted by Crippen LogP contribution is 2.26. The second-order valence-corrected chi connectivity index (χ2v) is 5.61. The quantitative estimate of drug-likeness (QED) is 0.629. The summed E-state index contributed by atoms with van der Waals surface area (Å²) in [7, 11) is 0. The minimum absolute atomic E-state index is 0.111. The van der Waals surface area contributed by atoms with Gasteiger partial charge in [0, 0.05) is 12.5 Å². The van der Waals surface area contributed by atoms with E-state index in [4.69, 9.17) is 12.2 Å². The first-order valence-corrected chi connectivity index (χ1v) is 7.09. The number of hydrogen-bond donors (Lipinski definition) is 1. The molecule has 1 saturated heterocycles. The fraction of sp³-hybridized carbons (Fsp3) is 0.769. The number of nitrogens with zero attached hydrogens (tertiary/aromatic N) is 1. The maximum Gasteiger partial charge on any atom is 0.290 e. The van der Waals surface area contributed by atoms with Gasteiger partial charge in [-0.25, -0.2) is 0 Å². The zero-order valence-corrected chi connectivity index (χ0v) is 11.2. The highest BCUT2D eigenvalue weighted by molar-refractivity contribution is 7.80. The van der Waals surface area contributed by atoms with Crippen molar-refractivity contribution in [3.05, 3.63) is 0 Å². The molecule has 18 heavy (non-hydrogen) atoms. The van der Waals surface area contributed by atoms with Gasteiger partial charge in [-0.15, -0.1) is 0 Å². The van der Waals surface area contributed by atoms with Crippen molar-refractivity contribution in [2.45, 2.75) is 51.0 Å². The van der Waals surface area contributed by atoms with Crippen molar-refractivity contribution in [1.29, 1.82) is 0 Å². The van der Waals surface area contributed by atoms with Crippen LogP contribution in [0.4, 0.5) is 0 Å². The number of carbonyl (C=O) groups excluding carboxylic acids is 2. The van der Waals surface area contributed by atoms with E-state index in [1.807, 2.05) is 0 Å². The van der Waals surface area contributed by atoms with Crippen LogP contribution >= 0.6 is 12.2 Å². The lowest BCUT2D eigenvalue weighted by Crippen LogP contribution is -2.45.